The Morgan fingerprint density at radius 1 is 0.581 bits per heavy atom. The Kier molecular flexibility index (Phi) is 11.0. The highest BCUT2D eigenvalue weighted by Crippen LogP contribution is 2.30. The lowest BCUT2D eigenvalue weighted by Crippen LogP contribution is -2.21. The standard InChI is InChI=1S/C39H46N4/c1-7-42(8-2)36-26-18-32(19-27-36)38(30-14-22-34(40)23-15-30)12-11-13-39(31-16-24-35(25-17-31)41(5)6)33-20-28-37(29-21-33)43(9-3)10-4/h11-29,40H,7-10H2,1-6H3/b12-11+,38-30?,39-13+,40-34?. The molecule has 0 aromatic heterocycles. The van der Waals surface area contributed by atoms with Crippen molar-refractivity contribution in [3.05, 3.63) is 138 Å². The summed E-state index contributed by atoms with van der Waals surface area (Å²) < 4.78 is 0. The van der Waals surface area contributed by atoms with Crippen LogP contribution in [0.2, 0.25) is 0 Å². The van der Waals surface area contributed by atoms with Crippen molar-refractivity contribution < 1.29 is 0 Å². The molecule has 0 atom stereocenters. The average molecular weight is 571 g/mol. The van der Waals surface area contributed by atoms with E-state index in [-0.39, 0.29) is 0 Å². The van der Waals surface area contributed by atoms with Crippen LogP contribution in [0.3, 0.4) is 0 Å². The third-order valence-corrected chi connectivity index (χ3v) is 8.03. The van der Waals surface area contributed by atoms with Gasteiger partial charge in [-0.2, -0.15) is 0 Å². The number of hydrogen-bond donors (Lipinski definition) is 1. The molecule has 0 aliphatic heterocycles. The average Bonchev–Trinajstić information content (AvgIpc) is 3.04. The fourth-order valence-corrected chi connectivity index (χ4v) is 5.43. The van der Waals surface area contributed by atoms with Crippen LogP contribution in [-0.4, -0.2) is 46.0 Å². The molecule has 43 heavy (non-hydrogen) atoms. The van der Waals surface area contributed by atoms with Crippen LogP contribution in [0.1, 0.15) is 44.4 Å². The van der Waals surface area contributed by atoms with Gasteiger partial charge in [-0.3, -0.25) is 0 Å². The monoisotopic (exact) mass is 570 g/mol. The SMILES string of the molecule is CCN(CC)c1ccc(C(/C=C/C=C(\c2ccc(N(C)C)cc2)c2ccc(N(CC)CC)cc2)=C2C=CC(=N)C=C2)cc1. The zero-order valence-corrected chi connectivity index (χ0v) is 26.6. The van der Waals surface area contributed by atoms with Gasteiger partial charge in [-0.25, -0.2) is 0 Å². The van der Waals surface area contributed by atoms with Crippen molar-refractivity contribution in [1.82, 2.24) is 0 Å². The molecule has 1 aliphatic carbocycles. The number of nitrogens with zero attached hydrogens (tertiary/aromatic N) is 3. The van der Waals surface area contributed by atoms with E-state index in [1.165, 1.54) is 33.8 Å². The van der Waals surface area contributed by atoms with E-state index in [9.17, 15) is 0 Å². The van der Waals surface area contributed by atoms with E-state index in [1.54, 1.807) is 0 Å². The van der Waals surface area contributed by atoms with Gasteiger partial charge < -0.3 is 20.1 Å². The third-order valence-electron chi connectivity index (χ3n) is 8.03. The minimum atomic E-state index is 0.514. The van der Waals surface area contributed by atoms with E-state index in [1.807, 2.05) is 24.3 Å². The molecule has 0 saturated carbocycles. The first-order valence-corrected chi connectivity index (χ1v) is 15.4. The van der Waals surface area contributed by atoms with Gasteiger partial charge in [0.25, 0.3) is 0 Å². The summed E-state index contributed by atoms with van der Waals surface area (Å²) in [5, 5.41) is 8.00. The zero-order valence-electron chi connectivity index (χ0n) is 26.6. The van der Waals surface area contributed by atoms with Crippen LogP contribution in [-0.2, 0) is 0 Å². The molecule has 222 valence electrons. The summed E-state index contributed by atoms with van der Waals surface area (Å²) in [5.41, 5.74) is 11.1. The van der Waals surface area contributed by atoms with Crippen LogP contribution in [0.25, 0.3) is 11.1 Å². The number of benzene rings is 3. The number of allylic oxidation sites excluding steroid dienone is 9. The Morgan fingerprint density at radius 2 is 1.00 bits per heavy atom. The van der Waals surface area contributed by atoms with Crippen LogP contribution in [0, 0.1) is 5.41 Å². The van der Waals surface area contributed by atoms with E-state index < -0.39 is 0 Å². The summed E-state index contributed by atoms with van der Waals surface area (Å²) in [4.78, 5) is 6.85. The summed E-state index contributed by atoms with van der Waals surface area (Å²) in [6, 6.07) is 26.5. The molecule has 0 spiro atoms. The molecule has 0 unspecified atom stereocenters. The minimum Gasteiger partial charge on any atom is -0.378 e. The van der Waals surface area contributed by atoms with Crippen LogP contribution in [0.4, 0.5) is 17.1 Å². The molecule has 1 aliphatic rings. The molecule has 4 rings (SSSR count). The Hall–Kier alpha value is -4.57. The fraction of sp³-hybridized carbons (Fsp3) is 0.256. The Labute approximate surface area is 259 Å². The number of rotatable bonds is 12. The maximum atomic E-state index is 8.00. The molecule has 0 saturated heterocycles. The van der Waals surface area contributed by atoms with E-state index in [2.05, 4.69) is 148 Å². The summed E-state index contributed by atoms with van der Waals surface area (Å²) in [7, 11) is 4.14. The molecule has 4 heteroatoms. The predicted octanol–water partition coefficient (Wildman–Crippen LogP) is 9.03. The van der Waals surface area contributed by atoms with Crippen molar-refractivity contribution in [2.45, 2.75) is 27.7 Å². The quantitative estimate of drug-likeness (QED) is 0.221. The smallest absolute Gasteiger partial charge is 0.0540 e. The van der Waals surface area contributed by atoms with E-state index >= 15 is 0 Å². The van der Waals surface area contributed by atoms with Gasteiger partial charge in [-0.1, -0.05) is 66.8 Å². The van der Waals surface area contributed by atoms with Gasteiger partial charge in [0.15, 0.2) is 0 Å². The van der Waals surface area contributed by atoms with Gasteiger partial charge in [-0.15, -0.1) is 0 Å². The first kappa shape index (κ1) is 31.4. The lowest BCUT2D eigenvalue weighted by Gasteiger charge is -2.21. The zero-order chi connectivity index (χ0) is 30.8. The van der Waals surface area contributed by atoms with Crippen molar-refractivity contribution in [3.8, 4) is 0 Å². The Bertz CT molecular complexity index is 1490. The normalized spacial score (nSPS) is 13.1. The summed E-state index contributed by atoms with van der Waals surface area (Å²) in [6.07, 6.45) is 14.4. The number of anilines is 3. The van der Waals surface area contributed by atoms with Crippen LogP contribution in [0.5, 0.6) is 0 Å². The van der Waals surface area contributed by atoms with Crippen LogP contribution >= 0.6 is 0 Å². The van der Waals surface area contributed by atoms with Gasteiger partial charge >= 0.3 is 0 Å². The van der Waals surface area contributed by atoms with E-state index in [0.29, 0.717) is 5.71 Å². The topological polar surface area (TPSA) is 33.6 Å². The minimum absolute atomic E-state index is 0.514. The molecule has 3 aromatic carbocycles. The molecule has 0 amide bonds. The van der Waals surface area contributed by atoms with E-state index in [0.717, 1.165) is 42.9 Å². The lowest BCUT2D eigenvalue weighted by molar-refractivity contribution is 0.866. The van der Waals surface area contributed by atoms with Crippen molar-refractivity contribution in [3.63, 3.8) is 0 Å². The number of nitrogens with one attached hydrogen (secondary N) is 1. The van der Waals surface area contributed by atoms with Crippen molar-refractivity contribution in [2.75, 3.05) is 55.0 Å². The molecule has 0 heterocycles. The maximum absolute atomic E-state index is 8.00. The van der Waals surface area contributed by atoms with Crippen LogP contribution < -0.4 is 14.7 Å². The molecular weight excluding hydrogens is 524 g/mol. The number of hydrogen-bond acceptors (Lipinski definition) is 4. The second-order valence-electron chi connectivity index (χ2n) is 10.8. The molecule has 0 radical (unpaired) electrons. The molecule has 3 aromatic rings. The molecule has 1 N–H and O–H groups in total. The van der Waals surface area contributed by atoms with Gasteiger partial charge in [-0.05, 0) is 110 Å². The second kappa shape index (κ2) is 15.1. The first-order chi connectivity index (χ1) is 20.9. The molecule has 0 bridgehead atoms. The Balaban J connectivity index is 1.77. The van der Waals surface area contributed by atoms with Gasteiger partial charge in [0.1, 0.15) is 0 Å². The summed E-state index contributed by atoms with van der Waals surface area (Å²) in [5.74, 6) is 0. The summed E-state index contributed by atoms with van der Waals surface area (Å²) in [6.45, 7) is 12.7. The lowest BCUT2D eigenvalue weighted by atomic mass is 9.94. The second-order valence-corrected chi connectivity index (χ2v) is 10.8. The highest BCUT2D eigenvalue weighted by atomic mass is 15.1. The van der Waals surface area contributed by atoms with Crippen molar-refractivity contribution in [2.24, 2.45) is 0 Å². The first-order valence-electron chi connectivity index (χ1n) is 15.4. The Morgan fingerprint density at radius 3 is 1.42 bits per heavy atom. The molecular formula is C39H46N4. The third kappa shape index (κ3) is 7.84. The van der Waals surface area contributed by atoms with Crippen molar-refractivity contribution in [1.29, 1.82) is 5.41 Å². The maximum Gasteiger partial charge on any atom is 0.0540 e. The van der Waals surface area contributed by atoms with Gasteiger partial charge in [0.05, 0.1) is 5.71 Å². The molecule has 0 fully saturated rings. The van der Waals surface area contributed by atoms with Crippen LogP contribution in [0.15, 0.2) is 121 Å². The fourth-order valence-electron chi connectivity index (χ4n) is 5.43. The highest BCUT2D eigenvalue weighted by Gasteiger charge is 2.10. The van der Waals surface area contributed by atoms with Gasteiger partial charge in [0, 0.05) is 57.3 Å². The van der Waals surface area contributed by atoms with Gasteiger partial charge in [0.2, 0.25) is 0 Å². The van der Waals surface area contributed by atoms with Crippen molar-refractivity contribution >= 4 is 33.9 Å². The largest absolute Gasteiger partial charge is 0.378 e. The predicted molar refractivity (Wildman–Crippen MR) is 190 cm³/mol. The summed E-state index contributed by atoms with van der Waals surface area (Å²) >= 11 is 0. The van der Waals surface area contributed by atoms with E-state index in [4.69, 9.17) is 5.41 Å². The molecule has 4 nitrogen and oxygen atoms in total. The highest BCUT2D eigenvalue weighted by molar-refractivity contribution is 6.04.